The Morgan fingerprint density at radius 1 is 1.38 bits per heavy atom. The SMILES string of the molecule is C=CNC(=NC1CCCCC1)c1ncn(C2OC(CO)C(O)C2O)c1C. The number of aromatic nitrogens is 2. The maximum absolute atomic E-state index is 10.3. The Labute approximate surface area is 153 Å². The lowest BCUT2D eigenvalue weighted by Crippen LogP contribution is -2.33. The molecular weight excluding hydrogens is 336 g/mol. The fourth-order valence-corrected chi connectivity index (χ4v) is 3.68. The quantitative estimate of drug-likeness (QED) is 0.450. The van der Waals surface area contributed by atoms with Crippen LogP contribution in [0.3, 0.4) is 0 Å². The molecule has 4 N–H and O–H groups in total. The third-order valence-electron chi connectivity index (χ3n) is 5.18. The molecule has 0 aromatic carbocycles. The number of ether oxygens (including phenoxy) is 1. The zero-order chi connectivity index (χ0) is 18.7. The fraction of sp³-hybridized carbons (Fsp3) is 0.667. The summed E-state index contributed by atoms with van der Waals surface area (Å²) in [6.45, 7) is 5.22. The van der Waals surface area contributed by atoms with Crippen molar-refractivity contribution in [1.82, 2.24) is 14.9 Å². The smallest absolute Gasteiger partial charge is 0.164 e. The molecule has 1 aliphatic carbocycles. The summed E-state index contributed by atoms with van der Waals surface area (Å²) in [4.78, 5) is 9.27. The number of hydrogen-bond donors (Lipinski definition) is 4. The summed E-state index contributed by atoms with van der Waals surface area (Å²) in [6, 6.07) is 0.268. The molecule has 8 heteroatoms. The summed E-state index contributed by atoms with van der Waals surface area (Å²) >= 11 is 0. The highest BCUT2D eigenvalue weighted by Crippen LogP contribution is 2.31. The van der Waals surface area contributed by atoms with Crippen molar-refractivity contribution in [3.8, 4) is 0 Å². The number of amidine groups is 1. The molecule has 2 aliphatic rings. The van der Waals surface area contributed by atoms with E-state index in [9.17, 15) is 15.3 Å². The molecule has 0 spiro atoms. The maximum Gasteiger partial charge on any atom is 0.164 e. The van der Waals surface area contributed by atoms with E-state index in [4.69, 9.17) is 9.73 Å². The standard InChI is InChI=1S/C18H28N4O4/c1-3-19-17(21-12-7-5-4-6-8-12)14-11(2)22(10-20-14)18-16(25)15(24)13(9-23)26-18/h3,10,12-13,15-16,18,23-25H,1,4-9H2,2H3,(H,19,21). The second-order valence-corrected chi connectivity index (χ2v) is 6.93. The van der Waals surface area contributed by atoms with Gasteiger partial charge in [-0.1, -0.05) is 25.8 Å². The lowest BCUT2D eigenvalue weighted by molar-refractivity contribution is -0.0536. The van der Waals surface area contributed by atoms with Crippen LogP contribution in [0.1, 0.15) is 49.7 Å². The molecule has 0 amide bonds. The average molecular weight is 364 g/mol. The van der Waals surface area contributed by atoms with E-state index in [-0.39, 0.29) is 12.6 Å². The minimum atomic E-state index is -1.14. The lowest BCUT2D eigenvalue weighted by Gasteiger charge is -2.20. The number of imidazole rings is 1. The summed E-state index contributed by atoms with van der Waals surface area (Å²) in [5.74, 6) is 0.648. The van der Waals surface area contributed by atoms with Crippen LogP contribution in [0.2, 0.25) is 0 Å². The van der Waals surface area contributed by atoms with Gasteiger partial charge in [-0.15, -0.1) is 0 Å². The fourth-order valence-electron chi connectivity index (χ4n) is 3.68. The van der Waals surface area contributed by atoms with Gasteiger partial charge < -0.3 is 29.9 Å². The molecule has 3 rings (SSSR count). The van der Waals surface area contributed by atoms with Gasteiger partial charge in [-0.2, -0.15) is 0 Å². The van der Waals surface area contributed by atoms with Gasteiger partial charge in [-0.25, -0.2) is 4.98 Å². The molecule has 1 aliphatic heterocycles. The highest BCUT2D eigenvalue weighted by atomic mass is 16.6. The number of nitrogens with one attached hydrogen (secondary N) is 1. The first-order valence-corrected chi connectivity index (χ1v) is 9.18. The first-order valence-electron chi connectivity index (χ1n) is 9.18. The average Bonchev–Trinajstić information content (AvgIpc) is 3.16. The summed E-state index contributed by atoms with van der Waals surface area (Å²) in [7, 11) is 0. The van der Waals surface area contributed by atoms with E-state index in [1.54, 1.807) is 17.1 Å². The van der Waals surface area contributed by atoms with Crippen molar-refractivity contribution in [3.05, 3.63) is 30.5 Å². The predicted molar refractivity (Wildman–Crippen MR) is 96.7 cm³/mol. The van der Waals surface area contributed by atoms with Gasteiger partial charge in [0.25, 0.3) is 0 Å². The maximum atomic E-state index is 10.3. The normalized spacial score (nSPS) is 30.5. The molecule has 1 aromatic rings. The molecule has 4 unspecified atom stereocenters. The van der Waals surface area contributed by atoms with Gasteiger partial charge in [0.2, 0.25) is 0 Å². The van der Waals surface area contributed by atoms with Crippen LogP contribution in [0, 0.1) is 6.92 Å². The Balaban J connectivity index is 1.86. The van der Waals surface area contributed by atoms with Crippen LogP contribution in [0.15, 0.2) is 24.1 Å². The summed E-state index contributed by atoms with van der Waals surface area (Å²) in [5, 5.41) is 32.6. The Morgan fingerprint density at radius 3 is 2.73 bits per heavy atom. The van der Waals surface area contributed by atoms with Crippen molar-refractivity contribution in [2.75, 3.05) is 6.61 Å². The molecule has 1 aromatic heterocycles. The first-order chi connectivity index (χ1) is 12.6. The number of aliphatic imine (C=N–C) groups is 1. The van der Waals surface area contributed by atoms with Crippen molar-refractivity contribution < 1.29 is 20.1 Å². The van der Waals surface area contributed by atoms with Crippen LogP contribution in [-0.4, -0.2) is 61.7 Å². The monoisotopic (exact) mass is 364 g/mol. The van der Waals surface area contributed by atoms with Crippen LogP contribution < -0.4 is 5.32 Å². The van der Waals surface area contributed by atoms with Crippen molar-refractivity contribution in [2.24, 2.45) is 4.99 Å². The van der Waals surface area contributed by atoms with Gasteiger partial charge in [-0.05, 0) is 26.0 Å². The Kier molecular flexibility index (Phi) is 6.08. The van der Waals surface area contributed by atoms with E-state index in [2.05, 4.69) is 16.9 Å². The summed E-state index contributed by atoms with van der Waals surface area (Å²) in [6.07, 6.45) is 5.00. The molecule has 0 bridgehead atoms. The van der Waals surface area contributed by atoms with Crippen molar-refractivity contribution in [2.45, 2.75) is 69.6 Å². The number of nitrogens with zero attached hydrogens (tertiary/aromatic N) is 3. The molecule has 8 nitrogen and oxygen atoms in total. The van der Waals surface area contributed by atoms with E-state index >= 15 is 0 Å². The second-order valence-electron chi connectivity index (χ2n) is 6.93. The van der Waals surface area contributed by atoms with E-state index in [1.807, 2.05) is 6.92 Å². The van der Waals surface area contributed by atoms with Crippen molar-refractivity contribution in [3.63, 3.8) is 0 Å². The number of aliphatic hydroxyl groups is 3. The molecule has 4 atom stereocenters. The molecular formula is C18H28N4O4. The van der Waals surface area contributed by atoms with E-state index in [1.165, 1.54) is 19.3 Å². The van der Waals surface area contributed by atoms with E-state index < -0.39 is 24.5 Å². The Morgan fingerprint density at radius 2 is 2.12 bits per heavy atom. The van der Waals surface area contributed by atoms with Crippen LogP contribution in [-0.2, 0) is 4.74 Å². The number of aliphatic hydroxyl groups excluding tert-OH is 3. The minimum Gasteiger partial charge on any atom is -0.394 e. The third kappa shape index (κ3) is 3.68. The van der Waals surface area contributed by atoms with Gasteiger partial charge in [0.1, 0.15) is 24.0 Å². The van der Waals surface area contributed by atoms with E-state index in [0.717, 1.165) is 18.5 Å². The molecule has 26 heavy (non-hydrogen) atoms. The molecule has 2 fully saturated rings. The van der Waals surface area contributed by atoms with Gasteiger partial charge in [0.05, 0.1) is 19.0 Å². The topological polar surface area (TPSA) is 112 Å². The van der Waals surface area contributed by atoms with Gasteiger partial charge >= 0.3 is 0 Å². The zero-order valence-corrected chi connectivity index (χ0v) is 15.1. The molecule has 1 saturated carbocycles. The highest BCUT2D eigenvalue weighted by molar-refractivity contribution is 5.98. The second kappa shape index (κ2) is 8.30. The third-order valence-corrected chi connectivity index (χ3v) is 5.18. The summed E-state index contributed by atoms with van der Waals surface area (Å²) in [5.41, 5.74) is 1.41. The van der Waals surface area contributed by atoms with Crippen molar-refractivity contribution in [1.29, 1.82) is 0 Å². The van der Waals surface area contributed by atoms with Gasteiger partial charge in [-0.3, -0.25) is 4.99 Å². The van der Waals surface area contributed by atoms with Crippen molar-refractivity contribution >= 4 is 5.84 Å². The molecule has 0 radical (unpaired) electrons. The Bertz CT molecular complexity index is 654. The molecule has 2 heterocycles. The Hall–Kier alpha value is -1.74. The first kappa shape index (κ1) is 19.0. The lowest BCUT2D eigenvalue weighted by atomic mass is 9.96. The molecule has 144 valence electrons. The predicted octanol–water partition coefficient (Wildman–Crippen LogP) is 0.615. The van der Waals surface area contributed by atoms with Crippen LogP contribution in [0.4, 0.5) is 0 Å². The molecule has 1 saturated heterocycles. The van der Waals surface area contributed by atoms with Gasteiger partial charge in [0, 0.05) is 5.69 Å². The highest BCUT2D eigenvalue weighted by Gasteiger charge is 2.44. The largest absolute Gasteiger partial charge is 0.394 e. The van der Waals surface area contributed by atoms with Gasteiger partial charge in [0.15, 0.2) is 12.1 Å². The van der Waals surface area contributed by atoms with E-state index in [0.29, 0.717) is 11.5 Å². The number of rotatable bonds is 5. The summed E-state index contributed by atoms with van der Waals surface area (Å²) < 4.78 is 7.26. The number of hydrogen-bond acceptors (Lipinski definition) is 6. The van der Waals surface area contributed by atoms with Crippen LogP contribution >= 0.6 is 0 Å². The van der Waals surface area contributed by atoms with Crippen LogP contribution in [0.5, 0.6) is 0 Å². The minimum absolute atomic E-state index is 0.268. The van der Waals surface area contributed by atoms with Crippen LogP contribution in [0.25, 0.3) is 0 Å². The zero-order valence-electron chi connectivity index (χ0n) is 15.1.